The van der Waals surface area contributed by atoms with Gasteiger partial charge in [0.1, 0.15) is 0 Å². The number of benzene rings is 1. The molecular weight excluding hydrogens is 339 g/mol. The lowest BCUT2D eigenvalue weighted by Gasteiger charge is -2.22. The Morgan fingerprint density at radius 2 is 1.80 bits per heavy atom. The van der Waals surface area contributed by atoms with Crippen molar-refractivity contribution in [1.29, 1.82) is 0 Å². The summed E-state index contributed by atoms with van der Waals surface area (Å²) in [4.78, 5) is 13.2. The highest BCUT2D eigenvalue weighted by atomic mass is 19.4. The molecule has 1 unspecified atom stereocenters. The molecule has 0 amide bonds. The molecule has 1 aromatic carbocycles. The van der Waals surface area contributed by atoms with Crippen molar-refractivity contribution in [1.82, 2.24) is 9.89 Å². The van der Waals surface area contributed by atoms with Gasteiger partial charge in [-0.25, -0.2) is 0 Å². The zero-order chi connectivity index (χ0) is 18.2. The highest BCUT2D eigenvalue weighted by Gasteiger charge is 2.40. The van der Waals surface area contributed by atoms with E-state index in [0.717, 1.165) is 22.1 Å². The van der Waals surface area contributed by atoms with E-state index in [1.807, 2.05) is 24.3 Å². The lowest BCUT2D eigenvalue weighted by atomic mass is 10.1. The summed E-state index contributed by atoms with van der Waals surface area (Å²) in [6, 6.07) is 7.40. The minimum Gasteiger partial charge on any atom is -0.463 e. The SMILES string of the molecule is COC(C)Oc1cnn(N2Cc3ccccc3C2)c(=O)c1C(F)(F)F. The maximum absolute atomic E-state index is 13.4. The topological polar surface area (TPSA) is 56.6 Å². The molecule has 0 radical (unpaired) electrons. The molecule has 1 aliphatic heterocycles. The predicted octanol–water partition coefficient (Wildman–Crippen LogP) is 2.29. The number of hydrogen-bond acceptors (Lipinski definition) is 5. The van der Waals surface area contributed by atoms with Crippen molar-refractivity contribution in [3.8, 4) is 5.75 Å². The summed E-state index contributed by atoms with van der Waals surface area (Å²) in [5.74, 6) is -0.653. The van der Waals surface area contributed by atoms with Gasteiger partial charge in [-0.05, 0) is 18.1 Å². The fourth-order valence-electron chi connectivity index (χ4n) is 2.66. The van der Waals surface area contributed by atoms with E-state index in [1.165, 1.54) is 19.0 Å². The van der Waals surface area contributed by atoms with Crippen LogP contribution >= 0.6 is 0 Å². The van der Waals surface area contributed by atoms with Crippen LogP contribution < -0.4 is 15.3 Å². The minimum absolute atomic E-state index is 0.301. The van der Waals surface area contributed by atoms with Crippen LogP contribution in [-0.2, 0) is 24.0 Å². The van der Waals surface area contributed by atoms with Gasteiger partial charge in [0.15, 0.2) is 17.6 Å². The van der Waals surface area contributed by atoms with E-state index < -0.39 is 29.3 Å². The number of hydrogen-bond donors (Lipinski definition) is 0. The monoisotopic (exact) mass is 355 g/mol. The maximum Gasteiger partial charge on any atom is 0.425 e. The van der Waals surface area contributed by atoms with E-state index in [0.29, 0.717) is 13.1 Å². The third kappa shape index (κ3) is 3.32. The fourth-order valence-corrected chi connectivity index (χ4v) is 2.66. The molecule has 0 bridgehead atoms. The summed E-state index contributed by atoms with van der Waals surface area (Å²) in [6.45, 7) is 2.02. The largest absolute Gasteiger partial charge is 0.463 e. The summed E-state index contributed by atoms with van der Waals surface area (Å²) >= 11 is 0. The predicted molar refractivity (Wildman–Crippen MR) is 82.7 cm³/mol. The number of nitrogens with zero attached hydrogens (tertiary/aromatic N) is 3. The molecule has 134 valence electrons. The number of ether oxygens (including phenoxy) is 2. The zero-order valence-electron chi connectivity index (χ0n) is 13.6. The Labute approximate surface area is 141 Å². The van der Waals surface area contributed by atoms with Crippen molar-refractivity contribution >= 4 is 0 Å². The Morgan fingerprint density at radius 3 is 2.32 bits per heavy atom. The Hall–Kier alpha value is -2.55. The summed E-state index contributed by atoms with van der Waals surface area (Å²) < 4.78 is 50.1. The number of alkyl halides is 3. The first kappa shape index (κ1) is 17.3. The van der Waals surface area contributed by atoms with Crippen LogP contribution in [0, 0.1) is 0 Å². The molecule has 0 saturated heterocycles. The molecule has 0 saturated carbocycles. The van der Waals surface area contributed by atoms with Crippen LogP contribution in [0.4, 0.5) is 13.2 Å². The average molecular weight is 355 g/mol. The second-order valence-electron chi connectivity index (χ2n) is 5.59. The van der Waals surface area contributed by atoms with Crippen molar-refractivity contribution < 1.29 is 22.6 Å². The number of rotatable bonds is 4. The highest BCUT2D eigenvalue weighted by Crippen LogP contribution is 2.33. The summed E-state index contributed by atoms with van der Waals surface area (Å²) in [5, 5.41) is 5.30. The van der Waals surface area contributed by atoms with E-state index in [-0.39, 0.29) is 0 Å². The van der Waals surface area contributed by atoms with Gasteiger partial charge >= 0.3 is 11.7 Å². The smallest absolute Gasteiger partial charge is 0.425 e. The molecule has 0 aliphatic carbocycles. The Kier molecular flexibility index (Phi) is 4.42. The van der Waals surface area contributed by atoms with Gasteiger partial charge < -0.3 is 9.47 Å². The Bertz CT molecular complexity index is 810. The van der Waals surface area contributed by atoms with Gasteiger partial charge in [0.05, 0.1) is 19.3 Å². The minimum atomic E-state index is -4.88. The molecule has 0 fully saturated rings. The summed E-state index contributed by atoms with van der Waals surface area (Å²) in [7, 11) is 1.29. The van der Waals surface area contributed by atoms with Crippen LogP contribution in [0.3, 0.4) is 0 Å². The molecular formula is C16H16F3N3O3. The van der Waals surface area contributed by atoms with E-state index in [1.54, 1.807) is 0 Å². The lowest BCUT2D eigenvalue weighted by Crippen LogP contribution is -2.43. The molecule has 3 rings (SSSR count). The summed E-state index contributed by atoms with van der Waals surface area (Å²) in [6.07, 6.45) is -4.94. The van der Waals surface area contributed by atoms with Crippen molar-refractivity contribution in [3.05, 3.63) is 57.5 Å². The molecule has 0 spiro atoms. The zero-order valence-corrected chi connectivity index (χ0v) is 13.6. The number of methoxy groups -OCH3 is 1. The highest BCUT2D eigenvalue weighted by molar-refractivity contribution is 5.35. The van der Waals surface area contributed by atoms with Gasteiger partial charge in [-0.2, -0.15) is 18.3 Å². The lowest BCUT2D eigenvalue weighted by molar-refractivity contribution is -0.142. The molecule has 6 nitrogen and oxygen atoms in total. The van der Waals surface area contributed by atoms with Gasteiger partial charge in [-0.15, -0.1) is 4.79 Å². The van der Waals surface area contributed by atoms with Gasteiger partial charge in [-0.3, -0.25) is 9.80 Å². The second-order valence-corrected chi connectivity index (χ2v) is 5.59. The van der Waals surface area contributed by atoms with Crippen LogP contribution in [0.15, 0.2) is 35.3 Å². The van der Waals surface area contributed by atoms with E-state index in [9.17, 15) is 18.0 Å². The number of aromatic nitrogens is 2. The average Bonchev–Trinajstić information content (AvgIpc) is 2.97. The van der Waals surface area contributed by atoms with Crippen molar-refractivity contribution in [3.63, 3.8) is 0 Å². The van der Waals surface area contributed by atoms with Crippen LogP contribution in [0.1, 0.15) is 23.6 Å². The van der Waals surface area contributed by atoms with Crippen LogP contribution in [0.2, 0.25) is 0 Å². The summed E-state index contributed by atoms with van der Waals surface area (Å²) in [5.41, 5.74) is -0.792. The van der Waals surface area contributed by atoms with Crippen molar-refractivity contribution in [2.75, 3.05) is 12.1 Å². The molecule has 1 aliphatic rings. The maximum atomic E-state index is 13.4. The first-order chi connectivity index (χ1) is 11.8. The number of fused-ring (bicyclic) bond motifs is 1. The molecule has 25 heavy (non-hydrogen) atoms. The van der Waals surface area contributed by atoms with Crippen LogP contribution in [-0.4, -0.2) is 23.3 Å². The second kappa shape index (κ2) is 6.40. The third-order valence-electron chi connectivity index (χ3n) is 3.93. The standard InChI is InChI=1S/C16H16F3N3O3/c1-10(24-2)25-13-7-20-22(15(23)14(13)16(17,18)19)21-8-11-5-3-4-6-12(11)9-21/h3-7,10H,8-9H2,1-2H3. The first-order valence-corrected chi connectivity index (χ1v) is 7.52. The van der Waals surface area contributed by atoms with E-state index in [2.05, 4.69) is 5.10 Å². The van der Waals surface area contributed by atoms with Crippen molar-refractivity contribution in [2.45, 2.75) is 32.5 Å². The van der Waals surface area contributed by atoms with Crippen molar-refractivity contribution in [2.24, 2.45) is 0 Å². The molecule has 1 atom stereocenters. The van der Waals surface area contributed by atoms with E-state index >= 15 is 0 Å². The van der Waals surface area contributed by atoms with Gasteiger partial charge in [-0.1, -0.05) is 24.3 Å². The number of halogens is 3. The van der Waals surface area contributed by atoms with E-state index in [4.69, 9.17) is 9.47 Å². The molecule has 2 heterocycles. The Balaban J connectivity index is 2.01. The van der Waals surface area contributed by atoms with Crippen LogP contribution in [0.25, 0.3) is 0 Å². The molecule has 2 aromatic rings. The van der Waals surface area contributed by atoms with Crippen LogP contribution in [0.5, 0.6) is 5.75 Å². The molecule has 0 N–H and O–H groups in total. The molecule has 9 heteroatoms. The quantitative estimate of drug-likeness (QED) is 0.788. The normalized spacial score (nSPS) is 15.2. The van der Waals surface area contributed by atoms with Gasteiger partial charge in [0, 0.05) is 7.11 Å². The fraction of sp³-hybridized carbons (Fsp3) is 0.375. The first-order valence-electron chi connectivity index (χ1n) is 7.52. The third-order valence-corrected chi connectivity index (χ3v) is 3.93. The van der Waals surface area contributed by atoms with Gasteiger partial charge in [0.2, 0.25) is 0 Å². The van der Waals surface area contributed by atoms with Gasteiger partial charge in [0.25, 0.3) is 0 Å². The Morgan fingerprint density at radius 1 is 1.20 bits per heavy atom. The molecule has 1 aromatic heterocycles.